The minimum atomic E-state index is -0.453. The van der Waals surface area contributed by atoms with Crippen LogP contribution in [0.5, 0.6) is 11.5 Å². The topological polar surface area (TPSA) is 67.4 Å². The summed E-state index contributed by atoms with van der Waals surface area (Å²) >= 11 is 6.19. The third-order valence-electron chi connectivity index (χ3n) is 6.04. The van der Waals surface area contributed by atoms with Gasteiger partial charge in [-0.1, -0.05) is 29.8 Å². The number of benzene rings is 3. The molecule has 2 aromatic heterocycles. The van der Waals surface area contributed by atoms with Crippen molar-refractivity contribution < 1.29 is 9.47 Å². The van der Waals surface area contributed by atoms with Crippen molar-refractivity contribution in [2.24, 2.45) is 7.05 Å². The van der Waals surface area contributed by atoms with Gasteiger partial charge < -0.3 is 14.0 Å². The van der Waals surface area contributed by atoms with Gasteiger partial charge in [0.2, 0.25) is 0 Å². The van der Waals surface area contributed by atoms with Crippen LogP contribution in [0.4, 0.5) is 0 Å². The van der Waals surface area contributed by atoms with E-state index >= 15 is 0 Å². The summed E-state index contributed by atoms with van der Waals surface area (Å²) in [6.07, 6.45) is 0. The third-order valence-corrected chi connectivity index (χ3v) is 6.28. The second kappa shape index (κ2) is 8.43. The zero-order chi connectivity index (χ0) is 24.0. The SMILES string of the molecule is COc1ccc(Cn2c(=O)n(-c3cccc(Cl)c3)c(=O)c3c2c2cc(OC)ccc2n3C)cc1. The summed E-state index contributed by atoms with van der Waals surface area (Å²) in [4.78, 5) is 27.6. The van der Waals surface area contributed by atoms with Crippen LogP contribution in [-0.2, 0) is 13.6 Å². The summed E-state index contributed by atoms with van der Waals surface area (Å²) < 4.78 is 15.3. The Morgan fingerprint density at radius 1 is 0.853 bits per heavy atom. The summed E-state index contributed by atoms with van der Waals surface area (Å²) in [5, 5.41) is 1.20. The maximum atomic E-state index is 13.9. The first-order chi connectivity index (χ1) is 16.4. The van der Waals surface area contributed by atoms with E-state index in [2.05, 4.69) is 0 Å². The second-order valence-electron chi connectivity index (χ2n) is 7.98. The van der Waals surface area contributed by atoms with E-state index in [-0.39, 0.29) is 6.54 Å². The molecule has 0 bridgehead atoms. The Morgan fingerprint density at radius 2 is 1.56 bits per heavy atom. The summed E-state index contributed by atoms with van der Waals surface area (Å²) in [6.45, 7) is 0.260. The van der Waals surface area contributed by atoms with Crippen molar-refractivity contribution in [2.45, 2.75) is 6.54 Å². The number of fused-ring (bicyclic) bond motifs is 3. The molecule has 0 fully saturated rings. The molecular weight excluding hydrogens is 454 g/mol. The van der Waals surface area contributed by atoms with Gasteiger partial charge in [0, 0.05) is 17.5 Å². The van der Waals surface area contributed by atoms with Crippen LogP contribution in [0.2, 0.25) is 5.02 Å². The van der Waals surface area contributed by atoms with Crippen LogP contribution in [0.1, 0.15) is 5.56 Å². The van der Waals surface area contributed by atoms with Crippen LogP contribution < -0.4 is 20.7 Å². The van der Waals surface area contributed by atoms with Gasteiger partial charge >= 0.3 is 5.69 Å². The lowest BCUT2D eigenvalue weighted by atomic mass is 10.2. The first kappa shape index (κ1) is 21.9. The zero-order valence-electron chi connectivity index (χ0n) is 18.9. The molecule has 8 heteroatoms. The normalized spacial score (nSPS) is 11.3. The highest BCUT2D eigenvalue weighted by molar-refractivity contribution is 6.30. The molecule has 7 nitrogen and oxygen atoms in total. The van der Waals surface area contributed by atoms with Gasteiger partial charge in [0.05, 0.1) is 37.5 Å². The van der Waals surface area contributed by atoms with Crippen molar-refractivity contribution >= 4 is 33.5 Å². The Bertz CT molecular complexity index is 1660. The molecule has 0 aliphatic heterocycles. The fraction of sp³-hybridized carbons (Fsp3) is 0.154. The Kier molecular flexibility index (Phi) is 5.42. The minimum Gasteiger partial charge on any atom is -0.497 e. The first-order valence-electron chi connectivity index (χ1n) is 10.6. The lowest BCUT2D eigenvalue weighted by molar-refractivity contribution is 0.414. The van der Waals surface area contributed by atoms with Gasteiger partial charge in [-0.2, -0.15) is 0 Å². The highest BCUT2D eigenvalue weighted by Crippen LogP contribution is 2.29. The molecule has 0 atom stereocenters. The maximum absolute atomic E-state index is 13.9. The van der Waals surface area contributed by atoms with Crippen molar-refractivity contribution in [3.8, 4) is 17.2 Å². The van der Waals surface area contributed by atoms with Gasteiger partial charge in [-0.05, 0) is 54.1 Å². The highest BCUT2D eigenvalue weighted by Gasteiger charge is 2.22. The smallest absolute Gasteiger partial charge is 0.336 e. The largest absolute Gasteiger partial charge is 0.497 e. The molecule has 0 saturated carbocycles. The van der Waals surface area contributed by atoms with Gasteiger partial charge in [0.1, 0.15) is 17.0 Å². The molecule has 34 heavy (non-hydrogen) atoms. The van der Waals surface area contributed by atoms with Crippen LogP contribution in [0.3, 0.4) is 0 Å². The van der Waals surface area contributed by atoms with Crippen LogP contribution in [0.15, 0.2) is 76.3 Å². The number of hydrogen-bond acceptors (Lipinski definition) is 4. The number of nitrogens with zero attached hydrogens (tertiary/aromatic N) is 3. The third kappa shape index (κ3) is 3.45. The minimum absolute atomic E-state index is 0.260. The van der Waals surface area contributed by atoms with Crippen LogP contribution in [0.25, 0.3) is 27.6 Å². The molecule has 0 unspecified atom stereocenters. The lowest BCUT2D eigenvalue weighted by Gasteiger charge is -2.14. The molecule has 0 saturated heterocycles. The standard InChI is InChI=1S/C26H22ClN3O4/c1-28-22-12-11-20(34-3)14-21(22)23-24(28)25(31)30(18-6-4-5-17(27)13-18)26(32)29(23)15-16-7-9-19(33-2)10-8-16/h4-14H,15H2,1-3H3. The predicted octanol–water partition coefficient (Wildman–Crippen LogP) is 4.36. The Morgan fingerprint density at radius 3 is 2.24 bits per heavy atom. The average molecular weight is 476 g/mol. The van der Waals surface area contributed by atoms with Gasteiger partial charge in [0.15, 0.2) is 0 Å². The lowest BCUT2D eigenvalue weighted by Crippen LogP contribution is -2.39. The predicted molar refractivity (Wildman–Crippen MR) is 134 cm³/mol. The molecule has 172 valence electrons. The number of methoxy groups -OCH3 is 2. The molecule has 3 aromatic carbocycles. The Labute approximate surface area is 200 Å². The van der Waals surface area contributed by atoms with Crippen molar-refractivity contribution in [3.63, 3.8) is 0 Å². The maximum Gasteiger partial charge on any atom is 0.336 e. The van der Waals surface area contributed by atoms with E-state index < -0.39 is 11.2 Å². The van der Waals surface area contributed by atoms with E-state index in [4.69, 9.17) is 21.1 Å². The number of rotatable bonds is 5. The fourth-order valence-corrected chi connectivity index (χ4v) is 4.55. The monoisotopic (exact) mass is 475 g/mol. The first-order valence-corrected chi connectivity index (χ1v) is 11.0. The molecule has 0 aliphatic carbocycles. The molecule has 0 aliphatic rings. The number of aromatic nitrogens is 3. The van der Waals surface area contributed by atoms with Gasteiger partial charge in [0.25, 0.3) is 5.56 Å². The number of hydrogen-bond donors (Lipinski definition) is 0. The molecule has 0 amide bonds. The number of halogens is 1. The van der Waals surface area contributed by atoms with Crippen LogP contribution in [0, 0.1) is 0 Å². The molecule has 5 rings (SSSR count). The van der Waals surface area contributed by atoms with E-state index in [1.54, 1.807) is 43.1 Å². The molecule has 2 heterocycles. The number of ether oxygens (including phenoxy) is 2. The van der Waals surface area contributed by atoms with Crippen molar-refractivity contribution in [2.75, 3.05) is 14.2 Å². The molecule has 0 radical (unpaired) electrons. The fourth-order valence-electron chi connectivity index (χ4n) is 4.36. The average Bonchev–Trinajstić information content (AvgIpc) is 3.14. The molecule has 0 spiro atoms. The second-order valence-corrected chi connectivity index (χ2v) is 8.41. The van der Waals surface area contributed by atoms with E-state index in [9.17, 15) is 9.59 Å². The van der Waals surface area contributed by atoms with E-state index in [0.29, 0.717) is 27.5 Å². The number of aryl methyl sites for hydroxylation is 1. The summed E-state index contributed by atoms with van der Waals surface area (Å²) in [5.74, 6) is 1.36. The van der Waals surface area contributed by atoms with Crippen molar-refractivity contribution in [3.05, 3.63) is 98.2 Å². The summed E-state index contributed by atoms with van der Waals surface area (Å²) in [7, 11) is 5.01. The zero-order valence-corrected chi connectivity index (χ0v) is 19.7. The van der Waals surface area contributed by atoms with Crippen LogP contribution in [-0.4, -0.2) is 27.9 Å². The van der Waals surface area contributed by atoms with E-state index in [1.165, 1.54) is 4.57 Å². The van der Waals surface area contributed by atoms with Crippen molar-refractivity contribution in [1.82, 2.24) is 13.7 Å². The summed E-state index contributed by atoms with van der Waals surface area (Å²) in [5.41, 5.74) is 2.23. The highest BCUT2D eigenvalue weighted by atomic mass is 35.5. The quantitative estimate of drug-likeness (QED) is 0.379. The van der Waals surface area contributed by atoms with Crippen molar-refractivity contribution in [1.29, 1.82) is 0 Å². The van der Waals surface area contributed by atoms with Gasteiger partial charge in [-0.3, -0.25) is 9.36 Å². The van der Waals surface area contributed by atoms with Gasteiger partial charge in [-0.15, -0.1) is 0 Å². The Balaban J connectivity index is 1.90. The van der Waals surface area contributed by atoms with E-state index in [1.807, 2.05) is 54.1 Å². The van der Waals surface area contributed by atoms with E-state index in [0.717, 1.165) is 22.2 Å². The van der Waals surface area contributed by atoms with Crippen LogP contribution >= 0.6 is 11.6 Å². The molecule has 5 aromatic rings. The Hall–Kier alpha value is -3.97. The molecular formula is C26H22ClN3O4. The molecule has 0 N–H and O–H groups in total. The summed E-state index contributed by atoms with van der Waals surface area (Å²) in [6, 6.07) is 19.8. The van der Waals surface area contributed by atoms with Gasteiger partial charge in [-0.25, -0.2) is 9.36 Å².